The SMILES string of the molecule is CCOC12OC3(C)CCC14C=CCC2CC34. The van der Waals surface area contributed by atoms with Gasteiger partial charge >= 0.3 is 0 Å². The van der Waals surface area contributed by atoms with Crippen LogP contribution in [0.2, 0.25) is 0 Å². The van der Waals surface area contributed by atoms with Crippen molar-refractivity contribution in [1.82, 2.24) is 0 Å². The van der Waals surface area contributed by atoms with Crippen LogP contribution in [0.15, 0.2) is 12.2 Å². The zero-order chi connectivity index (χ0) is 11.0. The fraction of sp³-hybridized carbons (Fsp3) is 0.857. The number of ether oxygens (including phenoxy) is 2. The lowest BCUT2D eigenvalue weighted by Crippen LogP contribution is -2.54. The first-order chi connectivity index (χ1) is 7.67. The molecule has 0 aromatic carbocycles. The zero-order valence-electron chi connectivity index (χ0n) is 10.2. The molecule has 4 aliphatic rings. The van der Waals surface area contributed by atoms with Crippen molar-refractivity contribution in [2.24, 2.45) is 17.3 Å². The van der Waals surface area contributed by atoms with E-state index in [0.717, 1.165) is 13.0 Å². The van der Waals surface area contributed by atoms with Crippen molar-refractivity contribution >= 4 is 0 Å². The highest BCUT2D eigenvalue weighted by Gasteiger charge is 2.80. The molecule has 2 saturated carbocycles. The fourth-order valence-electron chi connectivity index (χ4n) is 5.20. The highest BCUT2D eigenvalue weighted by Crippen LogP contribution is 2.76. The molecule has 2 heteroatoms. The largest absolute Gasteiger partial charge is 0.349 e. The molecule has 1 saturated heterocycles. The van der Waals surface area contributed by atoms with Gasteiger partial charge in [0.1, 0.15) is 0 Å². The van der Waals surface area contributed by atoms with E-state index in [1.54, 1.807) is 0 Å². The maximum absolute atomic E-state index is 6.46. The predicted octanol–water partition coefficient (Wildman–Crippen LogP) is 2.88. The van der Waals surface area contributed by atoms with Gasteiger partial charge in [-0.1, -0.05) is 12.2 Å². The van der Waals surface area contributed by atoms with E-state index in [1.807, 2.05) is 0 Å². The van der Waals surface area contributed by atoms with Gasteiger partial charge < -0.3 is 9.47 Å². The molecule has 3 aliphatic carbocycles. The van der Waals surface area contributed by atoms with Gasteiger partial charge in [-0.15, -0.1) is 0 Å². The predicted molar refractivity (Wildman–Crippen MR) is 60.9 cm³/mol. The lowest BCUT2D eigenvalue weighted by molar-refractivity contribution is -0.323. The Labute approximate surface area is 97.0 Å². The van der Waals surface area contributed by atoms with Crippen LogP contribution in [-0.4, -0.2) is 18.0 Å². The van der Waals surface area contributed by atoms with Crippen molar-refractivity contribution in [2.45, 2.75) is 50.9 Å². The van der Waals surface area contributed by atoms with Gasteiger partial charge in [-0.05, 0) is 39.5 Å². The molecule has 16 heavy (non-hydrogen) atoms. The monoisotopic (exact) mass is 220 g/mol. The van der Waals surface area contributed by atoms with Gasteiger partial charge in [0, 0.05) is 23.9 Å². The molecular formula is C14H20O2. The number of rotatable bonds is 2. The molecular weight excluding hydrogens is 200 g/mol. The minimum atomic E-state index is -0.256. The summed E-state index contributed by atoms with van der Waals surface area (Å²) in [6.45, 7) is 5.17. The van der Waals surface area contributed by atoms with Crippen LogP contribution in [-0.2, 0) is 9.47 Å². The van der Waals surface area contributed by atoms with E-state index in [-0.39, 0.29) is 16.8 Å². The molecule has 4 rings (SSSR count). The summed E-state index contributed by atoms with van der Waals surface area (Å²) in [6.07, 6.45) is 9.75. The van der Waals surface area contributed by atoms with Gasteiger partial charge in [0.25, 0.3) is 0 Å². The summed E-state index contributed by atoms with van der Waals surface area (Å²) in [5.74, 6) is 1.06. The Kier molecular flexibility index (Phi) is 1.55. The van der Waals surface area contributed by atoms with Crippen LogP contribution in [0.3, 0.4) is 0 Å². The van der Waals surface area contributed by atoms with Crippen molar-refractivity contribution in [3.8, 4) is 0 Å². The van der Waals surface area contributed by atoms with Crippen LogP contribution in [0, 0.1) is 17.3 Å². The third-order valence-electron chi connectivity index (χ3n) is 5.68. The molecule has 0 radical (unpaired) electrons. The first kappa shape index (κ1) is 9.67. The Morgan fingerprint density at radius 2 is 2.31 bits per heavy atom. The third-order valence-corrected chi connectivity index (χ3v) is 5.68. The molecule has 0 aromatic heterocycles. The quantitative estimate of drug-likeness (QED) is 0.666. The van der Waals surface area contributed by atoms with Crippen molar-refractivity contribution in [3.63, 3.8) is 0 Å². The summed E-state index contributed by atoms with van der Waals surface area (Å²) in [5, 5.41) is 0. The summed E-state index contributed by atoms with van der Waals surface area (Å²) in [7, 11) is 0. The number of allylic oxidation sites excluding steroid dienone is 1. The van der Waals surface area contributed by atoms with E-state index in [4.69, 9.17) is 9.47 Å². The minimum Gasteiger partial charge on any atom is -0.349 e. The van der Waals surface area contributed by atoms with E-state index < -0.39 is 0 Å². The van der Waals surface area contributed by atoms with Crippen molar-refractivity contribution in [1.29, 1.82) is 0 Å². The summed E-state index contributed by atoms with van der Waals surface area (Å²) in [6, 6.07) is 0. The highest BCUT2D eigenvalue weighted by atomic mass is 16.7. The van der Waals surface area contributed by atoms with Crippen LogP contribution in [0.5, 0.6) is 0 Å². The van der Waals surface area contributed by atoms with Crippen LogP contribution in [0.4, 0.5) is 0 Å². The summed E-state index contributed by atoms with van der Waals surface area (Å²) >= 11 is 0. The molecule has 1 spiro atoms. The molecule has 3 fully saturated rings. The molecule has 5 unspecified atom stereocenters. The summed E-state index contributed by atoms with van der Waals surface area (Å²) in [5.41, 5.74) is 0.320. The highest BCUT2D eigenvalue weighted by molar-refractivity contribution is 5.32. The Morgan fingerprint density at radius 1 is 1.44 bits per heavy atom. The zero-order valence-corrected chi connectivity index (χ0v) is 10.2. The Balaban J connectivity index is 1.91. The summed E-state index contributed by atoms with van der Waals surface area (Å²) in [4.78, 5) is 0. The van der Waals surface area contributed by atoms with E-state index in [0.29, 0.717) is 11.8 Å². The number of hydrogen-bond acceptors (Lipinski definition) is 2. The topological polar surface area (TPSA) is 18.5 Å². The molecule has 5 atom stereocenters. The Morgan fingerprint density at radius 3 is 3.12 bits per heavy atom. The molecule has 0 aromatic rings. The van der Waals surface area contributed by atoms with Gasteiger partial charge in [-0.25, -0.2) is 0 Å². The molecule has 0 amide bonds. The number of hydrogen-bond donors (Lipinski definition) is 0. The molecule has 1 aliphatic heterocycles. The maximum atomic E-state index is 6.46. The van der Waals surface area contributed by atoms with Crippen molar-refractivity contribution < 1.29 is 9.47 Å². The van der Waals surface area contributed by atoms with E-state index in [2.05, 4.69) is 26.0 Å². The lowest BCUT2D eigenvalue weighted by Gasteiger charge is -2.49. The first-order valence-electron chi connectivity index (χ1n) is 6.69. The van der Waals surface area contributed by atoms with Crippen LogP contribution in [0.1, 0.15) is 39.5 Å². The average molecular weight is 220 g/mol. The molecule has 1 heterocycles. The second-order valence-corrected chi connectivity index (χ2v) is 6.18. The van der Waals surface area contributed by atoms with E-state index in [9.17, 15) is 0 Å². The smallest absolute Gasteiger partial charge is 0.181 e. The summed E-state index contributed by atoms with van der Waals surface area (Å²) < 4.78 is 12.6. The molecule has 0 N–H and O–H groups in total. The standard InChI is InChI=1S/C14H20O2/c1-3-15-14-10-5-4-6-13(14)8-7-12(2,16-14)11(13)9-10/h4,6,10-11H,3,5,7-9H2,1-2H3. The van der Waals surface area contributed by atoms with Gasteiger partial charge in [0.05, 0.1) is 5.60 Å². The van der Waals surface area contributed by atoms with E-state index >= 15 is 0 Å². The Hall–Kier alpha value is -0.340. The van der Waals surface area contributed by atoms with Gasteiger partial charge in [0.15, 0.2) is 5.79 Å². The molecule has 2 nitrogen and oxygen atoms in total. The second kappa shape index (κ2) is 2.56. The minimum absolute atomic E-state index is 0.0976. The van der Waals surface area contributed by atoms with Crippen LogP contribution in [0.25, 0.3) is 0 Å². The maximum Gasteiger partial charge on any atom is 0.181 e. The van der Waals surface area contributed by atoms with Gasteiger partial charge in [-0.2, -0.15) is 0 Å². The molecule has 5 bridgehead atoms. The lowest BCUT2D eigenvalue weighted by atomic mass is 9.73. The Bertz CT molecular complexity index is 377. The average Bonchev–Trinajstić information content (AvgIpc) is 2.68. The molecule has 88 valence electrons. The second-order valence-electron chi connectivity index (χ2n) is 6.18. The fourth-order valence-corrected chi connectivity index (χ4v) is 5.20. The van der Waals surface area contributed by atoms with Gasteiger partial charge in [0.2, 0.25) is 0 Å². The van der Waals surface area contributed by atoms with Gasteiger partial charge in [-0.3, -0.25) is 0 Å². The third kappa shape index (κ3) is 0.733. The van der Waals surface area contributed by atoms with Crippen molar-refractivity contribution in [3.05, 3.63) is 12.2 Å². The van der Waals surface area contributed by atoms with E-state index in [1.165, 1.54) is 19.3 Å². The first-order valence-corrected chi connectivity index (χ1v) is 6.69. The normalized spacial score (nSPS) is 60.9. The van der Waals surface area contributed by atoms with Crippen molar-refractivity contribution in [2.75, 3.05) is 6.61 Å². The van der Waals surface area contributed by atoms with Crippen LogP contribution < -0.4 is 0 Å². The van der Waals surface area contributed by atoms with Crippen LogP contribution >= 0.6 is 0 Å².